The summed E-state index contributed by atoms with van der Waals surface area (Å²) in [6.07, 6.45) is 5.31. The summed E-state index contributed by atoms with van der Waals surface area (Å²) < 4.78 is 2.83. The molecule has 1 N–H and O–H groups in total. The Labute approximate surface area is 125 Å². The lowest BCUT2D eigenvalue weighted by Gasteiger charge is -2.15. The van der Waals surface area contributed by atoms with E-state index in [1.54, 1.807) is 24.7 Å². The van der Waals surface area contributed by atoms with Crippen LogP contribution >= 0.6 is 28.6 Å². The minimum atomic E-state index is -0.120. The molecule has 0 aliphatic rings. The van der Waals surface area contributed by atoms with E-state index < -0.39 is 0 Å². The Morgan fingerprint density at radius 3 is 3.00 bits per heavy atom. The van der Waals surface area contributed by atoms with E-state index in [2.05, 4.69) is 38.9 Å². The molecule has 1 heterocycles. The zero-order valence-electron chi connectivity index (χ0n) is 10.4. The number of aromatic nitrogens is 2. The Bertz CT molecular complexity index is 571. The van der Waals surface area contributed by atoms with Gasteiger partial charge in [0.2, 0.25) is 0 Å². The van der Waals surface area contributed by atoms with Gasteiger partial charge in [0.25, 0.3) is 5.91 Å². The molecule has 4 nitrogen and oxygen atoms in total. The van der Waals surface area contributed by atoms with Gasteiger partial charge in [-0.15, -0.1) is 12.6 Å². The number of thiol groups is 1. The van der Waals surface area contributed by atoms with Crippen molar-refractivity contribution < 1.29 is 4.79 Å². The van der Waals surface area contributed by atoms with E-state index in [9.17, 15) is 4.79 Å². The second kappa shape index (κ2) is 6.25. The molecule has 0 radical (unpaired) electrons. The highest BCUT2D eigenvalue weighted by molar-refractivity contribution is 9.10. The Kier molecular flexibility index (Phi) is 4.66. The molecule has 2 rings (SSSR count). The quantitative estimate of drug-likeness (QED) is 0.841. The average molecular weight is 340 g/mol. The first-order valence-corrected chi connectivity index (χ1v) is 7.05. The summed E-state index contributed by atoms with van der Waals surface area (Å²) >= 11 is 7.66. The second-order valence-electron chi connectivity index (χ2n) is 4.30. The first-order valence-electron chi connectivity index (χ1n) is 5.81. The molecule has 6 heteroatoms. The Morgan fingerprint density at radius 1 is 1.58 bits per heavy atom. The van der Waals surface area contributed by atoms with Gasteiger partial charge < -0.3 is 9.88 Å². The van der Waals surface area contributed by atoms with Crippen molar-refractivity contribution in [1.82, 2.24) is 14.9 Å². The van der Waals surface area contributed by atoms with E-state index in [1.807, 2.05) is 23.8 Å². The monoisotopic (exact) mass is 339 g/mol. The van der Waals surface area contributed by atoms with E-state index in [0.717, 1.165) is 4.47 Å². The first kappa shape index (κ1) is 14.1. The fraction of sp³-hybridized carbons (Fsp3) is 0.231. The van der Waals surface area contributed by atoms with Crippen molar-refractivity contribution in [2.45, 2.75) is 24.4 Å². The van der Waals surface area contributed by atoms with Crippen molar-refractivity contribution in [2.75, 3.05) is 0 Å². The molecule has 2 aromatic rings. The molecule has 100 valence electrons. The number of imidazole rings is 1. The van der Waals surface area contributed by atoms with Gasteiger partial charge in [0.1, 0.15) is 0 Å². The Hall–Kier alpha value is -1.27. The molecule has 1 amide bonds. The second-order valence-corrected chi connectivity index (χ2v) is 5.69. The van der Waals surface area contributed by atoms with Crippen LogP contribution in [0, 0.1) is 0 Å². The molecule has 1 atom stereocenters. The fourth-order valence-corrected chi connectivity index (χ4v) is 2.61. The molecular formula is C13H14BrN3OS. The minimum Gasteiger partial charge on any atom is -0.348 e. The average Bonchev–Trinajstić information content (AvgIpc) is 2.81. The van der Waals surface area contributed by atoms with Crippen molar-refractivity contribution in [3.05, 3.63) is 47.0 Å². The lowest BCUT2D eigenvalue weighted by Crippen LogP contribution is -2.35. The van der Waals surface area contributed by atoms with Crippen molar-refractivity contribution in [3.8, 4) is 0 Å². The number of carbonyl (C=O) groups excluding carboxylic acids is 1. The van der Waals surface area contributed by atoms with E-state index in [1.165, 1.54) is 0 Å². The van der Waals surface area contributed by atoms with Gasteiger partial charge in [-0.3, -0.25) is 4.79 Å². The van der Waals surface area contributed by atoms with Crippen LogP contribution < -0.4 is 5.32 Å². The number of hydrogen-bond acceptors (Lipinski definition) is 3. The maximum absolute atomic E-state index is 12.1. The third-order valence-electron chi connectivity index (χ3n) is 2.63. The van der Waals surface area contributed by atoms with Crippen LogP contribution in [0.1, 0.15) is 17.3 Å². The van der Waals surface area contributed by atoms with Crippen LogP contribution in [0.4, 0.5) is 0 Å². The number of hydrogen-bond donors (Lipinski definition) is 2. The number of rotatable bonds is 4. The van der Waals surface area contributed by atoms with Crippen LogP contribution in [0.2, 0.25) is 0 Å². The number of carbonyl (C=O) groups is 1. The van der Waals surface area contributed by atoms with E-state index in [0.29, 0.717) is 17.0 Å². The SMILES string of the molecule is CC(Cn1ccnc1)NC(=O)c1ccc(Br)cc1S. The Morgan fingerprint density at radius 2 is 2.37 bits per heavy atom. The highest BCUT2D eigenvalue weighted by Crippen LogP contribution is 2.19. The van der Waals surface area contributed by atoms with Gasteiger partial charge in [0, 0.05) is 34.3 Å². The van der Waals surface area contributed by atoms with E-state index in [4.69, 9.17) is 0 Å². The number of benzene rings is 1. The molecule has 0 bridgehead atoms. The third kappa shape index (κ3) is 3.84. The topological polar surface area (TPSA) is 46.9 Å². The van der Waals surface area contributed by atoms with Gasteiger partial charge in [-0.25, -0.2) is 4.98 Å². The van der Waals surface area contributed by atoms with E-state index in [-0.39, 0.29) is 11.9 Å². The summed E-state index contributed by atoms with van der Waals surface area (Å²) in [5.74, 6) is -0.120. The lowest BCUT2D eigenvalue weighted by atomic mass is 10.2. The zero-order chi connectivity index (χ0) is 13.8. The van der Waals surface area contributed by atoms with Crippen molar-refractivity contribution >= 4 is 34.5 Å². The summed E-state index contributed by atoms with van der Waals surface area (Å²) in [6.45, 7) is 2.64. The molecule has 0 fully saturated rings. The maximum Gasteiger partial charge on any atom is 0.252 e. The standard InChI is InChI=1S/C13H14BrN3OS/c1-9(7-17-5-4-15-8-17)16-13(18)11-3-2-10(14)6-12(11)19/h2-6,8-9,19H,7H2,1H3,(H,16,18). The predicted molar refractivity (Wildman–Crippen MR) is 80.5 cm³/mol. The van der Waals surface area contributed by atoms with Crippen LogP contribution in [0.5, 0.6) is 0 Å². The van der Waals surface area contributed by atoms with Crippen LogP contribution in [-0.4, -0.2) is 21.5 Å². The highest BCUT2D eigenvalue weighted by atomic mass is 79.9. The summed E-state index contributed by atoms with van der Waals surface area (Å²) in [5, 5.41) is 2.94. The molecule has 0 saturated heterocycles. The summed E-state index contributed by atoms with van der Waals surface area (Å²) in [7, 11) is 0. The fourth-order valence-electron chi connectivity index (χ4n) is 1.75. The van der Waals surface area contributed by atoms with Crippen LogP contribution in [0.15, 0.2) is 46.3 Å². The lowest BCUT2D eigenvalue weighted by molar-refractivity contribution is 0.0934. The molecule has 0 spiro atoms. The molecule has 0 saturated carbocycles. The largest absolute Gasteiger partial charge is 0.348 e. The molecule has 0 aliphatic carbocycles. The molecule has 1 aromatic carbocycles. The van der Waals surface area contributed by atoms with Crippen LogP contribution in [0.3, 0.4) is 0 Å². The maximum atomic E-state index is 12.1. The zero-order valence-corrected chi connectivity index (χ0v) is 12.9. The molecular weight excluding hydrogens is 326 g/mol. The number of nitrogens with zero attached hydrogens (tertiary/aromatic N) is 2. The van der Waals surface area contributed by atoms with Crippen LogP contribution in [0.25, 0.3) is 0 Å². The smallest absolute Gasteiger partial charge is 0.252 e. The third-order valence-corrected chi connectivity index (χ3v) is 3.49. The normalized spacial score (nSPS) is 12.2. The van der Waals surface area contributed by atoms with Gasteiger partial charge in [-0.05, 0) is 25.1 Å². The van der Waals surface area contributed by atoms with Gasteiger partial charge >= 0.3 is 0 Å². The van der Waals surface area contributed by atoms with Crippen LogP contribution in [-0.2, 0) is 6.54 Å². The van der Waals surface area contributed by atoms with Gasteiger partial charge in [-0.2, -0.15) is 0 Å². The summed E-state index contributed by atoms with van der Waals surface area (Å²) in [4.78, 5) is 16.7. The number of halogens is 1. The van der Waals surface area contributed by atoms with Gasteiger partial charge in [-0.1, -0.05) is 15.9 Å². The first-order chi connectivity index (χ1) is 9.06. The molecule has 1 unspecified atom stereocenters. The summed E-state index contributed by atoms with van der Waals surface area (Å²) in [6, 6.07) is 5.40. The van der Waals surface area contributed by atoms with Gasteiger partial charge in [0.15, 0.2) is 0 Å². The summed E-state index contributed by atoms with van der Waals surface area (Å²) in [5.41, 5.74) is 0.573. The van der Waals surface area contributed by atoms with Gasteiger partial charge in [0.05, 0.1) is 11.9 Å². The van der Waals surface area contributed by atoms with Crippen molar-refractivity contribution in [3.63, 3.8) is 0 Å². The minimum absolute atomic E-state index is 0.0121. The Balaban J connectivity index is 2.00. The van der Waals surface area contributed by atoms with Crippen molar-refractivity contribution in [1.29, 1.82) is 0 Å². The number of amides is 1. The molecule has 1 aromatic heterocycles. The van der Waals surface area contributed by atoms with E-state index >= 15 is 0 Å². The molecule has 0 aliphatic heterocycles. The highest BCUT2D eigenvalue weighted by Gasteiger charge is 2.12. The molecule has 19 heavy (non-hydrogen) atoms. The predicted octanol–water partition coefficient (Wildman–Crippen LogP) is 2.75. The number of nitrogens with one attached hydrogen (secondary N) is 1. The van der Waals surface area contributed by atoms with Crippen molar-refractivity contribution in [2.24, 2.45) is 0 Å².